The second-order valence-electron chi connectivity index (χ2n) is 6.03. The summed E-state index contributed by atoms with van der Waals surface area (Å²) in [4.78, 5) is 2.69. The van der Waals surface area contributed by atoms with Crippen LogP contribution in [0.5, 0.6) is 0 Å². The molecule has 2 aliphatic rings. The Balaban J connectivity index is 1.40. The highest BCUT2D eigenvalue weighted by Crippen LogP contribution is 2.21. The highest BCUT2D eigenvalue weighted by molar-refractivity contribution is 4.80. The van der Waals surface area contributed by atoms with E-state index in [1.165, 1.54) is 77.5 Å². The fourth-order valence-corrected chi connectivity index (χ4v) is 2.99. The molecular weight excluding hydrogens is 208 g/mol. The smallest absolute Gasteiger partial charge is 0.00682 e. The molecule has 17 heavy (non-hydrogen) atoms. The first-order chi connectivity index (χ1) is 8.38. The molecule has 0 spiro atoms. The number of hydrogen-bond donors (Lipinski definition) is 1. The van der Waals surface area contributed by atoms with Gasteiger partial charge in [0, 0.05) is 12.6 Å². The maximum Gasteiger partial charge on any atom is 0.00682 e. The van der Waals surface area contributed by atoms with Gasteiger partial charge >= 0.3 is 0 Å². The molecule has 2 fully saturated rings. The number of likely N-dealkylation sites (tertiary alicyclic amines) is 1. The first kappa shape index (κ1) is 13.4. The summed E-state index contributed by atoms with van der Waals surface area (Å²) in [6.07, 6.45) is 11.3. The van der Waals surface area contributed by atoms with Crippen LogP contribution < -0.4 is 5.32 Å². The summed E-state index contributed by atoms with van der Waals surface area (Å²) < 4.78 is 0. The summed E-state index contributed by atoms with van der Waals surface area (Å²) in [7, 11) is 0. The van der Waals surface area contributed by atoms with Gasteiger partial charge in [0.15, 0.2) is 0 Å². The van der Waals surface area contributed by atoms with E-state index in [1.807, 2.05) is 0 Å². The molecule has 1 aliphatic heterocycles. The lowest BCUT2D eigenvalue weighted by Gasteiger charge is -2.15. The van der Waals surface area contributed by atoms with Gasteiger partial charge in [-0.25, -0.2) is 0 Å². The molecule has 100 valence electrons. The Hall–Kier alpha value is -0.0800. The van der Waals surface area contributed by atoms with Gasteiger partial charge in [-0.2, -0.15) is 0 Å². The Morgan fingerprint density at radius 3 is 2.76 bits per heavy atom. The molecule has 0 aromatic heterocycles. The summed E-state index contributed by atoms with van der Waals surface area (Å²) in [6, 6.07) is 0.892. The highest BCUT2D eigenvalue weighted by atomic mass is 15.1. The van der Waals surface area contributed by atoms with Crippen LogP contribution in [-0.4, -0.2) is 37.1 Å². The Morgan fingerprint density at radius 1 is 1.12 bits per heavy atom. The van der Waals surface area contributed by atoms with Crippen LogP contribution in [0.3, 0.4) is 0 Å². The maximum atomic E-state index is 3.60. The summed E-state index contributed by atoms with van der Waals surface area (Å²) in [5.74, 6) is 1.01. The van der Waals surface area contributed by atoms with E-state index in [0.717, 1.165) is 12.0 Å². The maximum absolute atomic E-state index is 3.60. The lowest BCUT2D eigenvalue weighted by molar-refractivity contribution is 0.311. The third-order valence-corrected chi connectivity index (χ3v) is 4.23. The molecule has 1 N–H and O–H groups in total. The van der Waals surface area contributed by atoms with Crippen molar-refractivity contribution in [2.75, 3.05) is 26.2 Å². The van der Waals surface area contributed by atoms with Gasteiger partial charge in [-0.05, 0) is 64.1 Å². The Labute approximate surface area is 107 Å². The molecule has 1 atom stereocenters. The van der Waals surface area contributed by atoms with E-state index in [1.54, 1.807) is 0 Å². The largest absolute Gasteiger partial charge is 0.314 e. The second kappa shape index (κ2) is 7.38. The van der Waals surface area contributed by atoms with Crippen molar-refractivity contribution in [1.29, 1.82) is 0 Å². The Bertz CT molecular complexity index is 201. The van der Waals surface area contributed by atoms with Crippen molar-refractivity contribution in [3.8, 4) is 0 Å². The van der Waals surface area contributed by atoms with Gasteiger partial charge in [-0.1, -0.05) is 19.8 Å². The predicted octanol–water partition coefficient (Wildman–Crippen LogP) is 3.03. The molecule has 0 radical (unpaired) electrons. The molecule has 2 nitrogen and oxygen atoms in total. The van der Waals surface area contributed by atoms with Crippen molar-refractivity contribution in [3.05, 3.63) is 0 Å². The molecule has 1 unspecified atom stereocenters. The lowest BCUT2D eigenvalue weighted by Crippen LogP contribution is -2.22. The van der Waals surface area contributed by atoms with Crippen molar-refractivity contribution in [3.63, 3.8) is 0 Å². The van der Waals surface area contributed by atoms with Crippen LogP contribution in [0.2, 0.25) is 0 Å². The van der Waals surface area contributed by atoms with Gasteiger partial charge in [-0.3, -0.25) is 0 Å². The first-order valence-corrected chi connectivity index (χ1v) is 7.84. The van der Waals surface area contributed by atoms with E-state index in [9.17, 15) is 0 Å². The Morgan fingerprint density at radius 2 is 2.00 bits per heavy atom. The fourth-order valence-electron chi connectivity index (χ4n) is 2.99. The minimum Gasteiger partial charge on any atom is -0.314 e. The van der Waals surface area contributed by atoms with E-state index < -0.39 is 0 Å². The van der Waals surface area contributed by atoms with Gasteiger partial charge < -0.3 is 10.2 Å². The van der Waals surface area contributed by atoms with Crippen molar-refractivity contribution in [2.24, 2.45) is 5.92 Å². The summed E-state index contributed by atoms with van der Waals surface area (Å²) >= 11 is 0. The first-order valence-electron chi connectivity index (χ1n) is 7.84. The van der Waals surface area contributed by atoms with E-state index in [4.69, 9.17) is 0 Å². The monoisotopic (exact) mass is 238 g/mol. The van der Waals surface area contributed by atoms with Gasteiger partial charge in [0.25, 0.3) is 0 Å². The van der Waals surface area contributed by atoms with Crippen LogP contribution in [0.1, 0.15) is 58.3 Å². The standard InChI is InChI=1S/C15H30N2/c1-2-6-14-9-12-17(13-14)11-5-3-4-10-16-15-7-8-15/h14-16H,2-13H2,1H3. The van der Waals surface area contributed by atoms with Crippen LogP contribution in [0.25, 0.3) is 0 Å². The van der Waals surface area contributed by atoms with E-state index in [2.05, 4.69) is 17.1 Å². The minimum atomic E-state index is 0.892. The molecule has 0 aromatic carbocycles. The number of hydrogen-bond acceptors (Lipinski definition) is 2. The summed E-state index contributed by atoms with van der Waals surface area (Å²) in [5, 5.41) is 3.60. The van der Waals surface area contributed by atoms with Crippen molar-refractivity contribution in [2.45, 2.75) is 64.3 Å². The summed E-state index contributed by atoms with van der Waals surface area (Å²) in [5.41, 5.74) is 0. The zero-order valence-electron chi connectivity index (χ0n) is 11.6. The molecule has 1 aliphatic carbocycles. The topological polar surface area (TPSA) is 15.3 Å². The van der Waals surface area contributed by atoms with Crippen LogP contribution in [0, 0.1) is 5.92 Å². The second-order valence-corrected chi connectivity index (χ2v) is 6.03. The van der Waals surface area contributed by atoms with Crippen LogP contribution >= 0.6 is 0 Å². The van der Waals surface area contributed by atoms with Gasteiger partial charge in [-0.15, -0.1) is 0 Å². The average molecular weight is 238 g/mol. The van der Waals surface area contributed by atoms with E-state index in [0.29, 0.717) is 0 Å². The molecule has 1 heterocycles. The van der Waals surface area contributed by atoms with Crippen LogP contribution in [0.15, 0.2) is 0 Å². The third-order valence-electron chi connectivity index (χ3n) is 4.23. The van der Waals surface area contributed by atoms with Crippen molar-refractivity contribution in [1.82, 2.24) is 10.2 Å². The zero-order valence-corrected chi connectivity index (χ0v) is 11.6. The quantitative estimate of drug-likeness (QED) is 0.621. The minimum absolute atomic E-state index is 0.892. The fraction of sp³-hybridized carbons (Fsp3) is 1.00. The van der Waals surface area contributed by atoms with Gasteiger partial charge in [0.1, 0.15) is 0 Å². The van der Waals surface area contributed by atoms with E-state index >= 15 is 0 Å². The molecule has 2 heteroatoms. The normalized spacial score (nSPS) is 25.6. The van der Waals surface area contributed by atoms with Crippen LogP contribution in [0.4, 0.5) is 0 Å². The number of nitrogens with one attached hydrogen (secondary N) is 1. The van der Waals surface area contributed by atoms with Crippen molar-refractivity contribution >= 4 is 0 Å². The highest BCUT2D eigenvalue weighted by Gasteiger charge is 2.21. The number of rotatable bonds is 9. The molecule has 0 amide bonds. The van der Waals surface area contributed by atoms with E-state index in [-0.39, 0.29) is 0 Å². The van der Waals surface area contributed by atoms with Gasteiger partial charge in [0.2, 0.25) is 0 Å². The Kier molecular flexibility index (Phi) is 5.79. The summed E-state index contributed by atoms with van der Waals surface area (Å²) in [6.45, 7) is 7.67. The number of nitrogens with zero attached hydrogens (tertiary/aromatic N) is 1. The molecule has 0 bridgehead atoms. The average Bonchev–Trinajstić information content (AvgIpc) is 3.05. The molecular formula is C15H30N2. The predicted molar refractivity (Wildman–Crippen MR) is 74.3 cm³/mol. The zero-order chi connectivity index (χ0) is 11.9. The third kappa shape index (κ3) is 5.39. The lowest BCUT2D eigenvalue weighted by atomic mass is 10.0. The molecule has 2 rings (SSSR count). The number of unbranched alkanes of at least 4 members (excludes halogenated alkanes) is 2. The van der Waals surface area contributed by atoms with Gasteiger partial charge in [0.05, 0.1) is 0 Å². The molecule has 1 saturated heterocycles. The molecule has 0 aromatic rings. The SMILES string of the molecule is CCCC1CCN(CCCCCNC2CC2)C1. The van der Waals surface area contributed by atoms with Crippen LogP contribution in [-0.2, 0) is 0 Å². The molecule has 1 saturated carbocycles. The van der Waals surface area contributed by atoms with Crippen molar-refractivity contribution < 1.29 is 0 Å².